The van der Waals surface area contributed by atoms with Crippen LogP contribution in [0.3, 0.4) is 0 Å². The number of nitriles is 1. The number of benzene rings is 1. The molecule has 1 heterocycles. The molecule has 0 radical (unpaired) electrons. The van der Waals surface area contributed by atoms with Crippen LogP contribution in [0.25, 0.3) is 0 Å². The standard InChI is InChI=1S/C13H15N3O4S/c14-9-11-3-1-2-4-12(11)21(18,19)15-5-6-16-7-8-20-10-13(16)17/h1-4,15H,5-8,10H2. The minimum Gasteiger partial charge on any atom is -0.370 e. The van der Waals surface area contributed by atoms with Gasteiger partial charge in [0.25, 0.3) is 0 Å². The van der Waals surface area contributed by atoms with E-state index < -0.39 is 10.0 Å². The van der Waals surface area contributed by atoms with E-state index in [2.05, 4.69) is 4.72 Å². The molecule has 7 nitrogen and oxygen atoms in total. The first-order valence-electron chi connectivity index (χ1n) is 6.39. The number of morpholine rings is 1. The topological polar surface area (TPSA) is 99.5 Å². The van der Waals surface area contributed by atoms with Crippen molar-refractivity contribution in [3.05, 3.63) is 29.8 Å². The van der Waals surface area contributed by atoms with Crippen LogP contribution in [0.5, 0.6) is 0 Å². The molecule has 1 fully saturated rings. The molecule has 0 aromatic heterocycles. The molecule has 0 aliphatic carbocycles. The third-order valence-corrected chi connectivity index (χ3v) is 4.57. The van der Waals surface area contributed by atoms with Crippen molar-refractivity contribution >= 4 is 15.9 Å². The van der Waals surface area contributed by atoms with Crippen molar-refractivity contribution in [1.29, 1.82) is 5.26 Å². The molecule has 1 amide bonds. The van der Waals surface area contributed by atoms with Crippen LogP contribution in [-0.4, -0.2) is 52.1 Å². The van der Waals surface area contributed by atoms with Gasteiger partial charge in [-0.1, -0.05) is 12.1 Å². The predicted molar refractivity (Wildman–Crippen MR) is 73.7 cm³/mol. The lowest BCUT2D eigenvalue weighted by atomic mass is 10.2. The van der Waals surface area contributed by atoms with Gasteiger partial charge in [-0.15, -0.1) is 0 Å². The van der Waals surface area contributed by atoms with Crippen LogP contribution in [-0.2, 0) is 19.6 Å². The van der Waals surface area contributed by atoms with Crippen LogP contribution in [0.15, 0.2) is 29.2 Å². The smallest absolute Gasteiger partial charge is 0.248 e. The zero-order valence-electron chi connectivity index (χ0n) is 11.3. The summed E-state index contributed by atoms with van der Waals surface area (Å²) in [6.45, 7) is 1.30. The van der Waals surface area contributed by atoms with Crippen LogP contribution in [0, 0.1) is 11.3 Å². The third-order valence-electron chi connectivity index (χ3n) is 3.05. The molecular weight excluding hydrogens is 294 g/mol. The van der Waals surface area contributed by atoms with E-state index in [1.807, 2.05) is 6.07 Å². The third kappa shape index (κ3) is 3.78. The van der Waals surface area contributed by atoms with Crippen LogP contribution < -0.4 is 4.72 Å². The molecule has 1 aromatic rings. The Bertz CT molecular complexity index is 666. The van der Waals surface area contributed by atoms with Gasteiger partial charge in [0.2, 0.25) is 15.9 Å². The number of hydrogen-bond acceptors (Lipinski definition) is 5. The summed E-state index contributed by atoms with van der Waals surface area (Å²) in [5.41, 5.74) is 0.0902. The highest BCUT2D eigenvalue weighted by Crippen LogP contribution is 2.13. The second kappa shape index (κ2) is 6.67. The van der Waals surface area contributed by atoms with E-state index >= 15 is 0 Å². The second-order valence-corrected chi connectivity index (χ2v) is 6.17. The highest BCUT2D eigenvalue weighted by atomic mass is 32.2. The van der Waals surface area contributed by atoms with Crippen molar-refractivity contribution in [3.63, 3.8) is 0 Å². The molecule has 112 valence electrons. The maximum absolute atomic E-state index is 12.1. The second-order valence-electron chi connectivity index (χ2n) is 4.44. The monoisotopic (exact) mass is 309 g/mol. The highest BCUT2D eigenvalue weighted by molar-refractivity contribution is 7.89. The highest BCUT2D eigenvalue weighted by Gasteiger charge is 2.21. The lowest BCUT2D eigenvalue weighted by Crippen LogP contribution is -2.45. The van der Waals surface area contributed by atoms with E-state index in [4.69, 9.17) is 10.00 Å². The van der Waals surface area contributed by atoms with Gasteiger partial charge in [-0.05, 0) is 12.1 Å². The number of ether oxygens (including phenoxy) is 1. The molecule has 21 heavy (non-hydrogen) atoms. The van der Waals surface area contributed by atoms with Crippen LogP contribution in [0.4, 0.5) is 0 Å². The van der Waals surface area contributed by atoms with Gasteiger partial charge in [0.15, 0.2) is 0 Å². The Labute approximate surface area is 123 Å². The number of carbonyl (C=O) groups excluding carboxylic acids is 1. The minimum absolute atomic E-state index is 0.0318. The van der Waals surface area contributed by atoms with Crippen molar-refractivity contribution in [1.82, 2.24) is 9.62 Å². The van der Waals surface area contributed by atoms with Gasteiger partial charge >= 0.3 is 0 Å². The number of amides is 1. The van der Waals surface area contributed by atoms with Crippen LogP contribution in [0.1, 0.15) is 5.56 Å². The van der Waals surface area contributed by atoms with Crippen molar-refractivity contribution in [3.8, 4) is 6.07 Å². The van der Waals surface area contributed by atoms with E-state index in [0.29, 0.717) is 13.2 Å². The van der Waals surface area contributed by atoms with E-state index in [9.17, 15) is 13.2 Å². The van der Waals surface area contributed by atoms with Crippen LogP contribution in [0.2, 0.25) is 0 Å². The molecule has 1 aliphatic heterocycles. The summed E-state index contributed by atoms with van der Waals surface area (Å²) >= 11 is 0. The van der Waals surface area contributed by atoms with Crippen LogP contribution >= 0.6 is 0 Å². The molecule has 1 aliphatic rings. The van der Waals surface area contributed by atoms with Crippen molar-refractivity contribution in [2.24, 2.45) is 0 Å². The maximum atomic E-state index is 12.1. The van der Waals surface area contributed by atoms with Gasteiger partial charge in [0.1, 0.15) is 12.7 Å². The molecule has 0 bridgehead atoms. The van der Waals surface area contributed by atoms with Gasteiger partial charge in [0, 0.05) is 19.6 Å². The Morgan fingerprint density at radius 2 is 2.14 bits per heavy atom. The molecule has 0 spiro atoms. The summed E-state index contributed by atoms with van der Waals surface area (Å²) in [6, 6.07) is 7.83. The molecule has 2 rings (SSSR count). The fourth-order valence-corrected chi connectivity index (χ4v) is 3.15. The molecule has 0 unspecified atom stereocenters. The number of hydrogen-bond donors (Lipinski definition) is 1. The lowest BCUT2D eigenvalue weighted by Gasteiger charge is -2.26. The van der Waals surface area contributed by atoms with Gasteiger partial charge in [-0.3, -0.25) is 4.79 Å². The fraction of sp³-hybridized carbons (Fsp3) is 0.385. The molecule has 8 heteroatoms. The van der Waals surface area contributed by atoms with Crippen molar-refractivity contribution in [2.45, 2.75) is 4.90 Å². The summed E-state index contributed by atoms with van der Waals surface area (Å²) in [4.78, 5) is 13.0. The van der Waals surface area contributed by atoms with E-state index in [1.165, 1.54) is 12.1 Å². The zero-order chi connectivity index (χ0) is 15.3. The number of carbonyl (C=O) groups is 1. The largest absolute Gasteiger partial charge is 0.370 e. The maximum Gasteiger partial charge on any atom is 0.248 e. The fourth-order valence-electron chi connectivity index (χ4n) is 1.97. The molecule has 1 aromatic carbocycles. The molecule has 0 atom stereocenters. The summed E-state index contributed by atoms with van der Waals surface area (Å²) < 4.78 is 31.7. The van der Waals surface area contributed by atoms with Gasteiger partial charge in [0.05, 0.1) is 17.1 Å². The average molecular weight is 309 g/mol. The number of nitrogens with one attached hydrogen (secondary N) is 1. The quantitative estimate of drug-likeness (QED) is 0.804. The Balaban J connectivity index is 1.99. The number of rotatable bonds is 5. The predicted octanol–water partition coefficient (Wildman–Crippen LogP) is -0.305. The Kier molecular flexibility index (Phi) is 4.90. The molecule has 1 saturated heterocycles. The SMILES string of the molecule is N#Cc1ccccc1S(=O)(=O)NCCN1CCOCC1=O. The van der Waals surface area contributed by atoms with Gasteiger partial charge < -0.3 is 9.64 Å². The first kappa shape index (κ1) is 15.4. The molecule has 1 N–H and O–H groups in total. The summed E-state index contributed by atoms with van der Waals surface area (Å²) in [7, 11) is -3.76. The summed E-state index contributed by atoms with van der Waals surface area (Å²) in [6.07, 6.45) is 0. The van der Waals surface area contributed by atoms with Gasteiger partial charge in [-0.2, -0.15) is 5.26 Å². The van der Waals surface area contributed by atoms with Crippen molar-refractivity contribution in [2.75, 3.05) is 32.8 Å². The number of nitrogens with zero attached hydrogens (tertiary/aromatic N) is 2. The minimum atomic E-state index is -3.76. The Hall–Kier alpha value is -1.95. The Morgan fingerprint density at radius 1 is 1.38 bits per heavy atom. The number of sulfonamides is 1. The van der Waals surface area contributed by atoms with Crippen molar-refractivity contribution < 1.29 is 17.9 Å². The normalized spacial score (nSPS) is 15.8. The molecule has 0 saturated carbocycles. The Morgan fingerprint density at radius 3 is 2.86 bits per heavy atom. The lowest BCUT2D eigenvalue weighted by molar-refractivity contribution is -0.142. The first-order valence-corrected chi connectivity index (χ1v) is 7.87. The first-order chi connectivity index (χ1) is 10.0. The zero-order valence-corrected chi connectivity index (χ0v) is 12.1. The average Bonchev–Trinajstić information content (AvgIpc) is 2.49. The van der Waals surface area contributed by atoms with E-state index in [0.717, 1.165) is 0 Å². The van der Waals surface area contributed by atoms with E-state index in [-0.39, 0.29) is 36.1 Å². The summed E-state index contributed by atoms with van der Waals surface area (Å²) in [5, 5.41) is 8.94. The molecular formula is C13H15N3O4S. The summed E-state index contributed by atoms with van der Waals surface area (Å²) in [5.74, 6) is -0.155. The van der Waals surface area contributed by atoms with Gasteiger partial charge in [-0.25, -0.2) is 13.1 Å². The van der Waals surface area contributed by atoms with E-state index in [1.54, 1.807) is 17.0 Å².